The lowest BCUT2D eigenvalue weighted by atomic mass is 10.1. The van der Waals surface area contributed by atoms with Crippen LogP contribution in [0.2, 0.25) is 0 Å². The predicted octanol–water partition coefficient (Wildman–Crippen LogP) is 3.19. The second-order valence-electron chi connectivity index (χ2n) is 4.97. The number of hydrogen-bond donors (Lipinski definition) is 2. The quantitative estimate of drug-likeness (QED) is 0.261. The Bertz CT molecular complexity index is 510. The molecule has 0 radical (unpaired) electrons. The van der Waals surface area contributed by atoms with Crippen LogP contribution < -0.4 is 24.8 Å². The Hall–Kier alpha value is -1.38. The molecule has 0 saturated carbocycles. The van der Waals surface area contributed by atoms with Gasteiger partial charge in [-0.05, 0) is 25.5 Å². The van der Waals surface area contributed by atoms with Gasteiger partial charge in [-0.25, -0.2) is 4.99 Å². The zero-order chi connectivity index (χ0) is 17.1. The summed E-state index contributed by atoms with van der Waals surface area (Å²) in [6, 6.07) is 3.81. The average molecular weight is 451 g/mol. The molecule has 0 fully saturated rings. The monoisotopic (exact) mass is 451 g/mol. The van der Waals surface area contributed by atoms with Crippen molar-refractivity contribution in [3.63, 3.8) is 0 Å². The number of benzene rings is 1. The zero-order valence-corrected chi connectivity index (χ0v) is 17.6. The normalized spacial score (nSPS) is 10.6. The van der Waals surface area contributed by atoms with E-state index in [9.17, 15) is 0 Å². The number of unbranched alkanes of at least 4 members (excludes halogenated alkanes) is 1. The number of nitrogens with zero attached hydrogens (tertiary/aromatic N) is 1. The summed E-state index contributed by atoms with van der Waals surface area (Å²) in [5.74, 6) is 2.69. The van der Waals surface area contributed by atoms with Gasteiger partial charge in [-0.15, -0.1) is 24.0 Å². The van der Waals surface area contributed by atoms with E-state index in [-0.39, 0.29) is 24.0 Å². The summed E-state index contributed by atoms with van der Waals surface area (Å²) in [4.78, 5) is 4.61. The van der Waals surface area contributed by atoms with Crippen molar-refractivity contribution in [2.24, 2.45) is 4.99 Å². The van der Waals surface area contributed by atoms with Crippen molar-refractivity contribution in [3.05, 3.63) is 17.7 Å². The smallest absolute Gasteiger partial charge is 0.203 e. The predicted molar refractivity (Wildman–Crippen MR) is 109 cm³/mol. The molecule has 1 aromatic carbocycles. The Balaban J connectivity index is 0.00000529. The molecule has 0 bridgehead atoms. The van der Waals surface area contributed by atoms with E-state index in [1.54, 1.807) is 21.3 Å². The molecule has 24 heavy (non-hydrogen) atoms. The molecule has 7 heteroatoms. The minimum atomic E-state index is 0. The third-order valence-electron chi connectivity index (χ3n) is 3.36. The molecule has 6 nitrogen and oxygen atoms in total. The van der Waals surface area contributed by atoms with Crippen molar-refractivity contribution >= 4 is 29.9 Å². The van der Waals surface area contributed by atoms with Crippen LogP contribution >= 0.6 is 24.0 Å². The number of methoxy groups -OCH3 is 3. The van der Waals surface area contributed by atoms with Crippen LogP contribution in [-0.4, -0.2) is 40.4 Å². The van der Waals surface area contributed by atoms with Crippen LogP contribution in [0.3, 0.4) is 0 Å². The third-order valence-corrected chi connectivity index (χ3v) is 3.36. The van der Waals surface area contributed by atoms with E-state index in [0.29, 0.717) is 23.8 Å². The lowest BCUT2D eigenvalue weighted by Crippen LogP contribution is -2.37. The fourth-order valence-corrected chi connectivity index (χ4v) is 2.18. The molecule has 1 aromatic rings. The second-order valence-corrected chi connectivity index (χ2v) is 4.97. The Morgan fingerprint density at radius 3 is 2.25 bits per heavy atom. The van der Waals surface area contributed by atoms with Crippen molar-refractivity contribution in [1.29, 1.82) is 0 Å². The molecule has 0 atom stereocenters. The molecular weight excluding hydrogens is 421 g/mol. The number of rotatable bonds is 9. The maximum atomic E-state index is 5.49. The summed E-state index contributed by atoms with van der Waals surface area (Å²) in [6.07, 6.45) is 2.26. The SMILES string of the molecule is CCCCNC(=NCc1ccc(OC)c(OC)c1OC)NCC.I. The van der Waals surface area contributed by atoms with E-state index < -0.39 is 0 Å². The van der Waals surface area contributed by atoms with Gasteiger partial charge in [-0.2, -0.15) is 0 Å². The van der Waals surface area contributed by atoms with Gasteiger partial charge in [0.2, 0.25) is 5.75 Å². The molecule has 0 amide bonds. The third kappa shape index (κ3) is 6.62. The first-order valence-corrected chi connectivity index (χ1v) is 8.01. The number of aliphatic imine (C=N–C) groups is 1. The van der Waals surface area contributed by atoms with Crippen LogP contribution in [0.4, 0.5) is 0 Å². The molecule has 0 aromatic heterocycles. The Morgan fingerprint density at radius 2 is 1.71 bits per heavy atom. The molecule has 0 aliphatic rings. The van der Waals surface area contributed by atoms with Gasteiger partial charge in [0.25, 0.3) is 0 Å². The fraction of sp³-hybridized carbons (Fsp3) is 0.588. The molecule has 0 aliphatic heterocycles. The Labute approximate surface area is 162 Å². The molecule has 0 aliphatic carbocycles. The Morgan fingerprint density at radius 1 is 1.00 bits per heavy atom. The van der Waals surface area contributed by atoms with Crippen LogP contribution in [0.1, 0.15) is 32.3 Å². The molecule has 0 heterocycles. The van der Waals surface area contributed by atoms with Gasteiger partial charge in [0.15, 0.2) is 17.5 Å². The highest BCUT2D eigenvalue weighted by molar-refractivity contribution is 14.0. The van der Waals surface area contributed by atoms with Gasteiger partial charge in [-0.3, -0.25) is 0 Å². The maximum Gasteiger partial charge on any atom is 0.203 e. The molecule has 1 rings (SSSR count). The molecule has 138 valence electrons. The summed E-state index contributed by atoms with van der Waals surface area (Å²) in [5.41, 5.74) is 0.942. The highest BCUT2D eigenvalue weighted by Crippen LogP contribution is 2.39. The lowest BCUT2D eigenvalue weighted by molar-refractivity contribution is 0.322. The van der Waals surface area contributed by atoms with Crippen molar-refractivity contribution in [2.75, 3.05) is 34.4 Å². The molecule has 0 spiro atoms. The highest BCUT2D eigenvalue weighted by atomic mass is 127. The zero-order valence-electron chi connectivity index (χ0n) is 15.3. The van der Waals surface area contributed by atoms with Crippen molar-refractivity contribution < 1.29 is 14.2 Å². The van der Waals surface area contributed by atoms with Crippen LogP contribution in [0.5, 0.6) is 17.2 Å². The number of hydrogen-bond acceptors (Lipinski definition) is 4. The topological polar surface area (TPSA) is 64.1 Å². The summed E-state index contributed by atoms with van der Waals surface area (Å²) >= 11 is 0. The standard InChI is InChI=1S/C17H29N3O3.HI/c1-6-8-11-19-17(18-7-2)20-12-13-9-10-14(21-3)16(23-5)15(13)22-4;/h9-10H,6-8,11-12H2,1-5H3,(H2,18,19,20);1H. The van der Waals surface area contributed by atoms with Crippen molar-refractivity contribution in [3.8, 4) is 17.2 Å². The maximum absolute atomic E-state index is 5.49. The number of guanidine groups is 1. The van der Waals surface area contributed by atoms with Gasteiger partial charge in [0.05, 0.1) is 27.9 Å². The fourth-order valence-electron chi connectivity index (χ4n) is 2.18. The second kappa shape index (κ2) is 13.0. The summed E-state index contributed by atoms with van der Waals surface area (Å²) in [7, 11) is 4.83. The molecule has 2 N–H and O–H groups in total. The van der Waals surface area contributed by atoms with E-state index in [2.05, 4.69) is 22.5 Å². The summed E-state index contributed by atoms with van der Waals surface area (Å²) in [6.45, 7) is 6.44. The van der Waals surface area contributed by atoms with Crippen molar-refractivity contribution in [2.45, 2.75) is 33.2 Å². The van der Waals surface area contributed by atoms with Gasteiger partial charge in [0.1, 0.15) is 0 Å². The van der Waals surface area contributed by atoms with Gasteiger partial charge >= 0.3 is 0 Å². The largest absolute Gasteiger partial charge is 0.493 e. The van der Waals surface area contributed by atoms with E-state index >= 15 is 0 Å². The average Bonchev–Trinajstić information content (AvgIpc) is 2.58. The van der Waals surface area contributed by atoms with Gasteiger partial charge in [0, 0.05) is 18.7 Å². The first-order valence-electron chi connectivity index (χ1n) is 8.01. The lowest BCUT2D eigenvalue weighted by Gasteiger charge is -2.15. The minimum absolute atomic E-state index is 0. The number of halogens is 1. The van der Waals surface area contributed by atoms with E-state index in [4.69, 9.17) is 14.2 Å². The number of nitrogens with one attached hydrogen (secondary N) is 2. The van der Waals surface area contributed by atoms with Gasteiger partial charge in [-0.1, -0.05) is 13.3 Å². The summed E-state index contributed by atoms with van der Waals surface area (Å²) in [5, 5.41) is 6.57. The van der Waals surface area contributed by atoms with Crippen LogP contribution in [0.15, 0.2) is 17.1 Å². The molecule has 0 unspecified atom stereocenters. The van der Waals surface area contributed by atoms with Crippen molar-refractivity contribution in [1.82, 2.24) is 10.6 Å². The Kier molecular flexibility index (Phi) is 12.2. The van der Waals surface area contributed by atoms with E-state index in [1.807, 2.05) is 19.1 Å². The number of ether oxygens (including phenoxy) is 3. The van der Waals surface area contributed by atoms with Crippen LogP contribution in [0.25, 0.3) is 0 Å². The first kappa shape index (κ1) is 22.6. The van der Waals surface area contributed by atoms with Crippen LogP contribution in [0, 0.1) is 0 Å². The highest BCUT2D eigenvalue weighted by Gasteiger charge is 2.15. The summed E-state index contributed by atoms with van der Waals surface area (Å²) < 4.78 is 16.2. The van der Waals surface area contributed by atoms with Gasteiger partial charge < -0.3 is 24.8 Å². The van der Waals surface area contributed by atoms with E-state index in [1.165, 1.54) is 0 Å². The molecule has 0 saturated heterocycles. The van der Waals surface area contributed by atoms with E-state index in [0.717, 1.165) is 37.5 Å². The van der Waals surface area contributed by atoms with Crippen LogP contribution in [-0.2, 0) is 6.54 Å². The first-order chi connectivity index (χ1) is 11.2. The molecular formula is C17H30IN3O3. The minimum Gasteiger partial charge on any atom is -0.493 e.